The maximum absolute atomic E-state index is 5.73. The maximum atomic E-state index is 5.73. The number of para-hydroxylation sites is 2. The molecule has 5 heteroatoms. The van der Waals surface area contributed by atoms with Crippen LogP contribution in [0.25, 0.3) is 11.0 Å². The van der Waals surface area contributed by atoms with Gasteiger partial charge in [0.2, 0.25) is 0 Å². The fourth-order valence-corrected chi connectivity index (χ4v) is 2.50. The van der Waals surface area contributed by atoms with Crippen molar-refractivity contribution in [2.24, 2.45) is 10.7 Å². The molecule has 0 aliphatic rings. The van der Waals surface area contributed by atoms with Gasteiger partial charge in [-0.05, 0) is 25.5 Å². The van der Waals surface area contributed by atoms with Gasteiger partial charge in [-0.25, -0.2) is 4.98 Å². The van der Waals surface area contributed by atoms with Gasteiger partial charge in [0.1, 0.15) is 0 Å². The van der Waals surface area contributed by atoms with Crippen LogP contribution in [0.1, 0.15) is 13.3 Å². The van der Waals surface area contributed by atoms with Gasteiger partial charge in [0, 0.05) is 18.8 Å². The van der Waals surface area contributed by atoms with Crippen LogP contribution in [0.3, 0.4) is 0 Å². The van der Waals surface area contributed by atoms with Crippen molar-refractivity contribution < 1.29 is 0 Å². The Labute approximate surface area is 111 Å². The lowest BCUT2D eigenvalue weighted by atomic mass is 10.3. The summed E-state index contributed by atoms with van der Waals surface area (Å²) in [5, 5.41) is 0.688. The van der Waals surface area contributed by atoms with Gasteiger partial charge in [-0.2, -0.15) is 0 Å². The van der Waals surface area contributed by atoms with Crippen LogP contribution in [-0.2, 0) is 6.54 Å². The predicted octanol–water partition coefficient (Wildman–Crippen LogP) is 2.49. The predicted molar refractivity (Wildman–Crippen MR) is 79.0 cm³/mol. The monoisotopic (exact) mass is 262 g/mol. The van der Waals surface area contributed by atoms with Gasteiger partial charge in [-0.3, -0.25) is 4.99 Å². The first-order valence-electron chi connectivity index (χ1n) is 6.14. The second-order valence-corrected chi connectivity index (χ2v) is 5.06. The Balaban J connectivity index is 1.85. The summed E-state index contributed by atoms with van der Waals surface area (Å²) in [4.78, 5) is 8.52. The molecule has 0 radical (unpaired) electrons. The van der Waals surface area contributed by atoms with Crippen LogP contribution in [-0.4, -0.2) is 27.0 Å². The molecular formula is C13H18N4S. The summed E-state index contributed by atoms with van der Waals surface area (Å²) in [6, 6.07) is 8.19. The van der Waals surface area contributed by atoms with Crippen molar-refractivity contribution in [2.45, 2.75) is 19.9 Å². The minimum atomic E-state index is 0.688. The largest absolute Gasteiger partial charge is 0.379 e. The van der Waals surface area contributed by atoms with E-state index in [2.05, 4.69) is 20.6 Å². The first-order valence-corrected chi connectivity index (χ1v) is 7.12. The van der Waals surface area contributed by atoms with E-state index in [1.165, 1.54) is 5.52 Å². The molecule has 0 unspecified atom stereocenters. The molecule has 18 heavy (non-hydrogen) atoms. The molecule has 0 fully saturated rings. The summed E-state index contributed by atoms with van der Waals surface area (Å²) in [7, 11) is 0. The number of aryl methyl sites for hydroxylation is 1. The van der Waals surface area contributed by atoms with Gasteiger partial charge in [0.15, 0.2) is 5.17 Å². The minimum absolute atomic E-state index is 0.688. The lowest BCUT2D eigenvalue weighted by molar-refractivity contribution is 0.703. The molecule has 2 aromatic rings. The highest BCUT2D eigenvalue weighted by atomic mass is 32.2. The van der Waals surface area contributed by atoms with E-state index in [-0.39, 0.29) is 0 Å². The van der Waals surface area contributed by atoms with E-state index in [0.717, 1.165) is 30.8 Å². The number of hydrogen-bond acceptors (Lipinski definition) is 3. The molecule has 1 heterocycles. The zero-order chi connectivity index (χ0) is 12.8. The molecule has 1 aromatic heterocycles. The first-order chi connectivity index (χ1) is 8.81. The fraction of sp³-hybridized carbons (Fsp3) is 0.385. The highest BCUT2D eigenvalue weighted by molar-refractivity contribution is 8.13. The van der Waals surface area contributed by atoms with Crippen molar-refractivity contribution in [1.82, 2.24) is 9.55 Å². The second kappa shape index (κ2) is 6.44. The van der Waals surface area contributed by atoms with Crippen LogP contribution < -0.4 is 5.73 Å². The molecule has 0 bridgehead atoms. The second-order valence-electron chi connectivity index (χ2n) is 3.94. The molecular weight excluding hydrogens is 244 g/mol. The van der Waals surface area contributed by atoms with E-state index in [1.807, 2.05) is 31.5 Å². The lowest BCUT2D eigenvalue weighted by Crippen LogP contribution is -2.08. The minimum Gasteiger partial charge on any atom is -0.379 e. The van der Waals surface area contributed by atoms with Crippen molar-refractivity contribution in [3.05, 3.63) is 30.6 Å². The topological polar surface area (TPSA) is 56.2 Å². The zero-order valence-corrected chi connectivity index (χ0v) is 11.4. The molecule has 0 saturated heterocycles. The third-order valence-corrected chi connectivity index (χ3v) is 3.55. The lowest BCUT2D eigenvalue weighted by Gasteiger charge is -2.04. The third-order valence-electron chi connectivity index (χ3n) is 2.63. The summed E-state index contributed by atoms with van der Waals surface area (Å²) in [6.45, 7) is 3.71. The van der Waals surface area contributed by atoms with E-state index in [1.54, 1.807) is 11.8 Å². The molecule has 1 aromatic carbocycles. The van der Waals surface area contributed by atoms with Crippen LogP contribution in [0.2, 0.25) is 0 Å². The van der Waals surface area contributed by atoms with Crippen molar-refractivity contribution in [3.63, 3.8) is 0 Å². The van der Waals surface area contributed by atoms with Crippen molar-refractivity contribution in [3.8, 4) is 0 Å². The molecule has 0 spiro atoms. The number of aromatic nitrogens is 2. The Hall–Kier alpha value is -1.49. The van der Waals surface area contributed by atoms with Crippen molar-refractivity contribution >= 4 is 28.0 Å². The fourth-order valence-electron chi connectivity index (χ4n) is 1.80. The number of imidazole rings is 1. The molecule has 0 atom stereocenters. The smallest absolute Gasteiger partial charge is 0.153 e. The maximum Gasteiger partial charge on any atom is 0.153 e. The van der Waals surface area contributed by atoms with E-state index in [4.69, 9.17) is 5.73 Å². The summed E-state index contributed by atoms with van der Waals surface area (Å²) >= 11 is 1.62. The standard InChI is InChI=1S/C13H18N4S/c1-2-15-13(14)18-9-5-8-17-10-16-11-6-3-4-7-12(11)17/h3-4,6-7,10H,2,5,8-9H2,1H3,(H2,14,15). The van der Waals surface area contributed by atoms with Crippen molar-refractivity contribution in [1.29, 1.82) is 0 Å². The van der Waals surface area contributed by atoms with Crippen LogP contribution in [0, 0.1) is 0 Å². The van der Waals surface area contributed by atoms with E-state index >= 15 is 0 Å². The molecule has 0 saturated carbocycles. The Morgan fingerprint density at radius 1 is 1.44 bits per heavy atom. The number of benzene rings is 1. The zero-order valence-electron chi connectivity index (χ0n) is 10.5. The number of fused-ring (bicyclic) bond motifs is 1. The van der Waals surface area contributed by atoms with E-state index in [9.17, 15) is 0 Å². The molecule has 96 valence electrons. The Morgan fingerprint density at radius 3 is 3.11 bits per heavy atom. The SMILES string of the molecule is CCN=C(N)SCCCn1cnc2ccccc21. The van der Waals surface area contributed by atoms with Gasteiger partial charge in [-0.1, -0.05) is 23.9 Å². The highest BCUT2D eigenvalue weighted by Crippen LogP contribution is 2.13. The number of hydrogen-bond donors (Lipinski definition) is 1. The normalized spacial score (nSPS) is 12.2. The molecule has 0 aliphatic carbocycles. The highest BCUT2D eigenvalue weighted by Gasteiger charge is 2.01. The Bertz CT molecular complexity index is 533. The summed E-state index contributed by atoms with van der Waals surface area (Å²) < 4.78 is 2.18. The summed E-state index contributed by atoms with van der Waals surface area (Å²) in [6.07, 6.45) is 2.96. The Morgan fingerprint density at radius 2 is 2.28 bits per heavy atom. The molecule has 2 N–H and O–H groups in total. The van der Waals surface area contributed by atoms with Gasteiger partial charge in [0.25, 0.3) is 0 Å². The quantitative estimate of drug-likeness (QED) is 0.511. The first kappa shape index (κ1) is 13.0. The average molecular weight is 262 g/mol. The van der Waals surface area contributed by atoms with Gasteiger partial charge >= 0.3 is 0 Å². The third kappa shape index (κ3) is 3.26. The van der Waals surface area contributed by atoms with Crippen LogP contribution in [0.4, 0.5) is 0 Å². The number of nitrogens with two attached hydrogens (primary N) is 1. The van der Waals surface area contributed by atoms with E-state index in [0.29, 0.717) is 5.17 Å². The summed E-state index contributed by atoms with van der Waals surface area (Å²) in [5.41, 5.74) is 7.97. The number of aliphatic imine (C=N–C) groups is 1. The van der Waals surface area contributed by atoms with Gasteiger partial charge in [0.05, 0.1) is 17.4 Å². The number of rotatable bonds is 5. The van der Waals surface area contributed by atoms with E-state index < -0.39 is 0 Å². The summed E-state index contributed by atoms with van der Waals surface area (Å²) in [5.74, 6) is 0.988. The van der Waals surface area contributed by atoms with Gasteiger partial charge in [-0.15, -0.1) is 0 Å². The molecule has 0 aliphatic heterocycles. The Kier molecular flexibility index (Phi) is 4.64. The van der Waals surface area contributed by atoms with Crippen LogP contribution in [0.5, 0.6) is 0 Å². The average Bonchev–Trinajstić information content (AvgIpc) is 2.78. The number of nitrogens with zero attached hydrogens (tertiary/aromatic N) is 3. The number of amidine groups is 1. The van der Waals surface area contributed by atoms with Crippen molar-refractivity contribution in [2.75, 3.05) is 12.3 Å². The molecule has 2 rings (SSSR count). The van der Waals surface area contributed by atoms with Crippen LogP contribution in [0.15, 0.2) is 35.6 Å². The number of thioether (sulfide) groups is 1. The van der Waals surface area contributed by atoms with Crippen LogP contribution >= 0.6 is 11.8 Å². The molecule has 4 nitrogen and oxygen atoms in total. The van der Waals surface area contributed by atoms with Gasteiger partial charge < -0.3 is 10.3 Å². The molecule has 0 amide bonds.